The van der Waals surface area contributed by atoms with Crippen LogP contribution < -0.4 is 4.90 Å². The average molecular weight is 702 g/mol. The van der Waals surface area contributed by atoms with E-state index in [1.807, 2.05) is 0 Å². The fourth-order valence-corrected chi connectivity index (χ4v) is 7.94. The van der Waals surface area contributed by atoms with E-state index in [0.717, 1.165) is 0 Å². The van der Waals surface area contributed by atoms with E-state index in [1.165, 1.54) is 225 Å². The highest BCUT2D eigenvalue weighted by atomic mass is 15.1. The molecule has 0 heterocycles. The Labute approximate surface area is 319 Å². The molecule has 51 heavy (non-hydrogen) atoms. The second-order valence-electron chi connectivity index (χ2n) is 16.2. The quantitative estimate of drug-likeness (QED) is 0.0572. The molecule has 0 fully saturated rings. The number of aryl methyl sites for hydroxylation is 2. The van der Waals surface area contributed by atoms with Crippen LogP contribution in [0.3, 0.4) is 0 Å². The number of hydrogen-bond donors (Lipinski definition) is 0. The van der Waals surface area contributed by atoms with Crippen LogP contribution >= 0.6 is 0 Å². The van der Waals surface area contributed by atoms with Crippen molar-refractivity contribution in [2.45, 2.75) is 209 Å². The van der Waals surface area contributed by atoms with Gasteiger partial charge in [-0.1, -0.05) is 143 Å². The molecule has 2 nitrogen and oxygen atoms in total. The molecule has 1 aliphatic rings. The average Bonchev–Trinajstić information content (AvgIpc) is 3.11. The van der Waals surface area contributed by atoms with Crippen molar-refractivity contribution >= 4 is 17.5 Å². The number of benzene rings is 1. The van der Waals surface area contributed by atoms with Crippen molar-refractivity contribution in [2.75, 3.05) is 31.1 Å². The Kier molecular flexibility index (Phi) is 25.1. The van der Waals surface area contributed by atoms with Gasteiger partial charge >= 0.3 is 0 Å². The Balaban J connectivity index is 2.24. The lowest BCUT2D eigenvalue weighted by Crippen LogP contribution is -2.26. The molecule has 1 aliphatic carbocycles. The van der Waals surface area contributed by atoms with Crippen LogP contribution in [0.2, 0.25) is 0 Å². The largest absolute Gasteiger partial charge is 0.372 e. The predicted molar refractivity (Wildman–Crippen MR) is 232 cm³/mol. The number of rotatable bonds is 30. The third-order valence-corrected chi connectivity index (χ3v) is 11.3. The van der Waals surface area contributed by atoms with Crippen LogP contribution in [0.4, 0.5) is 5.69 Å². The normalized spacial score (nSPS) is 13.1. The second-order valence-corrected chi connectivity index (χ2v) is 16.2. The Morgan fingerprint density at radius 3 is 1.22 bits per heavy atom. The molecular formula is C49H85N2+. The predicted octanol–water partition coefficient (Wildman–Crippen LogP) is 15.3. The zero-order valence-corrected chi connectivity index (χ0v) is 35.6. The maximum atomic E-state index is 2.72. The van der Waals surface area contributed by atoms with E-state index in [2.05, 4.69) is 95.2 Å². The van der Waals surface area contributed by atoms with Gasteiger partial charge in [-0.05, 0) is 105 Å². The molecule has 0 bridgehead atoms. The highest BCUT2D eigenvalue weighted by molar-refractivity contribution is 6.04. The van der Waals surface area contributed by atoms with E-state index in [0.29, 0.717) is 0 Å². The van der Waals surface area contributed by atoms with Gasteiger partial charge in [0.05, 0.1) is 0 Å². The minimum absolute atomic E-state index is 1.19. The van der Waals surface area contributed by atoms with Crippen molar-refractivity contribution in [1.82, 2.24) is 0 Å². The van der Waals surface area contributed by atoms with Gasteiger partial charge in [0.25, 0.3) is 0 Å². The lowest BCUT2D eigenvalue weighted by atomic mass is 9.89. The van der Waals surface area contributed by atoms with Crippen LogP contribution in [0, 0.1) is 13.8 Å². The minimum atomic E-state index is 1.19. The topological polar surface area (TPSA) is 6.25 Å². The molecule has 1 aromatic rings. The standard InChI is InChI=1S/C49H85N2/c1-9-13-17-21-25-29-33-50(34-30-26-22-18-14-10-2)46-37-42(5)48(43(6)38-46)41-49-44(7)39-47(40-45(49)8)51(35-31-27-23-19-15-11-3)36-32-28-24-20-16-12-4/h37-41H,9-36H2,1-8H3/q+1. The summed E-state index contributed by atoms with van der Waals surface area (Å²) in [5.74, 6) is 0. The summed E-state index contributed by atoms with van der Waals surface area (Å²) in [4.78, 5) is 2.72. The SMILES string of the molecule is CCCCCCCCN(CCCCCCCC)c1cc(C)c(C=C2C(C)=CC(=[N+](CCCCCCCC)CCCCCCCC)C=C2C)c(C)c1. The van der Waals surface area contributed by atoms with Crippen molar-refractivity contribution in [1.29, 1.82) is 0 Å². The number of unbranched alkanes of at least 4 members (excludes halogenated alkanes) is 20. The molecular weight excluding hydrogens is 617 g/mol. The minimum Gasteiger partial charge on any atom is -0.372 e. The van der Waals surface area contributed by atoms with Crippen LogP contribution in [0.1, 0.15) is 212 Å². The molecule has 0 atom stereocenters. The Morgan fingerprint density at radius 1 is 0.471 bits per heavy atom. The summed E-state index contributed by atoms with van der Waals surface area (Å²) in [5.41, 5.74) is 11.3. The lowest BCUT2D eigenvalue weighted by molar-refractivity contribution is -0.527. The van der Waals surface area contributed by atoms with Crippen molar-refractivity contribution < 1.29 is 4.58 Å². The Hall–Kier alpha value is -2.09. The summed E-state index contributed by atoms with van der Waals surface area (Å²) in [6, 6.07) is 4.99. The van der Waals surface area contributed by atoms with E-state index < -0.39 is 0 Å². The molecule has 0 amide bonds. The summed E-state index contributed by atoms with van der Waals surface area (Å²) in [7, 11) is 0. The molecule has 290 valence electrons. The van der Waals surface area contributed by atoms with Gasteiger partial charge in [0.2, 0.25) is 0 Å². The number of nitrogens with zero attached hydrogens (tertiary/aromatic N) is 2. The van der Waals surface area contributed by atoms with Crippen LogP contribution in [0.25, 0.3) is 6.08 Å². The molecule has 0 aliphatic heterocycles. The highest BCUT2D eigenvalue weighted by Crippen LogP contribution is 2.31. The van der Waals surface area contributed by atoms with Gasteiger partial charge < -0.3 is 4.90 Å². The van der Waals surface area contributed by atoms with Crippen molar-refractivity contribution in [3.63, 3.8) is 0 Å². The molecule has 2 rings (SSSR count). The molecule has 0 aromatic heterocycles. The zero-order chi connectivity index (χ0) is 37.1. The highest BCUT2D eigenvalue weighted by Gasteiger charge is 2.19. The number of anilines is 1. The summed E-state index contributed by atoms with van der Waals surface area (Å²) in [5, 5.41) is 0. The fraction of sp³-hybridized carbons (Fsp3) is 0.735. The molecule has 0 N–H and O–H groups in total. The van der Waals surface area contributed by atoms with E-state index in [1.54, 1.807) is 0 Å². The van der Waals surface area contributed by atoms with E-state index >= 15 is 0 Å². The Bertz CT molecular complexity index is 1110. The van der Waals surface area contributed by atoms with Gasteiger partial charge in [-0.2, -0.15) is 0 Å². The van der Waals surface area contributed by atoms with Crippen molar-refractivity contribution in [3.05, 3.63) is 57.7 Å². The third kappa shape index (κ3) is 18.5. The van der Waals surface area contributed by atoms with Gasteiger partial charge in [-0.25, -0.2) is 4.58 Å². The molecule has 2 heteroatoms. The van der Waals surface area contributed by atoms with Crippen LogP contribution in [0.15, 0.2) is 41.0 Å². The first kappa shape index (κ1) is 45.1. The molecule has 1 aromatic carbocycles. The first-order valence-electron chi connectivity index (χ1n) is 22.4. The smallest absolute Gasteiger partial charge is 0.200 e. The van der Waals surface area contributed by atoms with E-state index in [9.17, 15) is 0 Å². The first-order chi connectivity index (χ1) is 24.9. The van der Waals surface area contributed by atoms with Gasteiger partial charge in [0.1, 0.15) is 13.1 Å². The van der Waals surface area contributed by atoms with Gasteiger partial charge in [-0.3, -0.25) is 0 Å². The van der Waals surface area contributed by atoms with Crippen LogP contribution in [-0.2, 0) is 0 Å². The summed E-state index contributed by atoms with van der Waals surface area (Å²) in [6.07, 6.45) is 40.2. The van der Waals surface area contributed by atoms with E-state index in [4.69, 9.17) is 0 Å². The molecule has 0 spiro atoms. The Morgan fingerprint density at radius 2 is 0.824 bits per heavy atom. The number of allylic oxidation sites excluding steroid dienone is 5. The van der Waals surface area contributed by atoms with Gasteiger partial charge in [-0.15, -0.1) is 0 Å². The third-order valence-electron chi connectivity index (χ3n) is 11.3. The fourth-order valence-electron chi connectivity index (χ4n) is 7.94. The summed E-state index contributed by atoms with van der Waals surface area (Å²) < 4.78 is 2.72. The lowest BCUT2D eigenvalue weighted by Gasteiger charge is -2.27. The monoisotopic (exact) mass is 702 g/mol. The van der Waals surface area contributed by atoms with Crippen molar-refractivity contribution in [2.24, 2.45) is 0 Å². The van der Waals surface area contributed by atoms with Crippen molar-refractivity contribution in [3.8, 4) is 0 Å². The molecule has 0 saturated heterocycles. The van der Waals surface area contributed by atoms with Gasteiger partial charge in [0, 0.05) is 43.8 Å². The summed E-state index contributed by atoms with van der Waals surface area (Å²) >= 11 is 0. The van der Waals surface area contributed by atoms with Crippen LogP contribution in [-0.4, -0.2) is 36.5 Å². The second kappa shape index (κ2) is 28.4. The molecule has 0 radical (unpaired) electrons. The molecule has 0 saturated carbocycles. The van der Waals surface area contributed by atoms with E-state index in [-0.39, 0.29) is 0 Å². The van der Waals surface area contributed by atoms with Gasteiger partial charge in [0.15, 0.2) is 5.71 Å². The maximum absolute atomic E-state index is 2.72. The summed E-state index contributed by atoms with van der Waals surface area (Å²) in [6.45, 7) is 23.4. The number of hydrogen-bond acceptors (Lipinski definition) is 1. The molecule has 0 unspecified atom stereocenters. The van der Waals surface area contributed by atoms with Crippen LogP contribution in [0.5, 0.6) is 0 Å². The first-order valence-corrected chi connectivity index (χ1v) is 22.4. The maximum Gasteiger partial charge on any atom is 0.200 e. The zero-order valence-electron chi connectivity index (χ0n) is 35.6.